The van der Waals surface area contributed by atoms with Gasteiger partial charge in [-0.1, -0.05) is 20.3 Å². The molecule has 112 valence electrons. The van der Waals surface area contributed by atoms with Gasteiger partial charge in [0, 0.05) is 26.8 Å². The summed E-state index contributed by atoms with van der Waals surface area (Å²) in [6, 6.07) is 0. The van der Waals surface area contributed by atoms with Gasteiger partial charge in [0.25, 0.3) is 0 Å². The number of nitrogen functional groups attached to an aromatic ring is 1. The van der Waals surface area contributed by atoms with Crippen molar-refractivity contribution < 1.29 is 4.74 Å². The van der Waals surface area contributed by atoms with Gasteiger partial charge in [0.15, 0.2) is 5.65 Å². The number of imidazole rings is 1. The lowest BCUT2D eigenvalue weighted by Gasteiger charge is -2.07. The average Bonchev–Trinajstić information content (AvgIpc) is 2.89. The fourth-order valence-electron chi connectivity index (χ4n) is 2.46. The molecule has 2 aromatic rings. The minimum Gasteiger partial charge on any atom is -0.381 e. The molecule has 0 spiro atoms. The minimum atomic E-state index is 0.570. The van der Waals surface area contributed by atoms with Crippen molar-refractivity contribution in [2.45, 2.75) is 46.1 Å². The van der Waals surface area contributed by atoms with Crippen molar-refractivity contribution in [3.05, 3.63) is 5.69 Å². The number of nitrogens with zero attached hydrogens (tertiary/aromatic N) is 4. The molecule has 0 bridgehead atoms. The van der Waals surface area contributed by atoms with E-state index in [-0.39, 0.29) is 0 Å². The van der Waals surface area contributed by atoms with E-state index in [1.165, 1.54) is 0 Å². The maximum atomic E-state index is 6.04. The van der Waals surface area contributed by atoms with E-state index in [1.807, 2.05) is 16.3 Å². The Morgan fingerprint density at radius 2 is 2.00 bits per heavy atom. The van der Waals surface area contributed by atoms with Crippen LogP contribution in [-0.4, -0.2) is 32.5 Å². The van der Waals surface area contributed by atoms with Crippen molar-refractivity contribution in [3.63, 3.8) is 0 Å². The summed E-state index contributed by atoms with van der Waals surface area (Å²) in [5, 5.41) is 4.55. The van der Waals surface area contributed by atoms with E-state index < -0.39 is 0 Å². The first-order chi connectivity index (χ1) is 9.69. The molecule has 0 radical (unpaired) electrons. The van der Waals surface area contributed by atoms with Crippen LogP contribution in [0.4, 0.5) is 5.95 Å². The molecule has 0 aromatic carbocycles. The van der Waals surface area contributed by atoms with Crippen molar-refractivity contribution in [2.75, 3.05) is 18.9 Å². The number of hydrogen-bond donors (Lipinski definition) is 1. The zero-order valence-electron chi connectivity index (χ0n) is 12.7. The van der Waals surface area contributed by atoms with Crippen molar-refractivity contribution >= 4 is 17.1 Å². The highest BCUT2D eigenvalue weighted by atomic mass is 16.5. The predicted molar refractivity (Wildman–Crippen MR) is 80.6 cm³/mol. The summed E-state index contributed by atoms with van der Waals surface area (Å²) < 4.78 is 9.43. The monoisotopic (exact) mass is 279 g/mol. The zero-order valence-corrected chi connectivity index (χ0v) is 12.7. The van der Waals surface area contributed by atoms with Gasteiger partial charge in [-0.05, 0) is 19.3 Å². The molecule has 0 atom stereocenters. The minimum absolute atomic E-state index is 0.570. The molecule has 0 aliphatic heterocycles. The lowest BCUT2D eigenvalue weighted by molar-refractivity contribution is 0.129. The third-order valence-corrected chi connectivity index (χ3v) is 3.33. The topological polar surface area (TPSA) is 70.9 Å². The lowest BCUT2D eigenvalue weighted by atomic mass is 10.2. The smallest absolute Gasteiger partial charge is 0.202 e. The Labute approximate surface area is 119 Å². The molecule has 0 fully saturated rings. The molecule has 6 heteroatoms. The normalized spacial score (nSPS) is 11.6. The highest BCUT2D eigenvalue weighted by Crippen LogP contribution is 2.22. The molecule has 0 saturated heterocycles. The molecule has 2 N–H and O–H groups in total. The van der Waals surface area contributed by atoms with Crippen molar-refractivity contribution in [2.24, 2.45) is 7.05 Å². The standard InChI is InChI=1S/C14H25N5O/c1-4-7-11-12-13(18(3)17-11)19(14(15)16-12)8-6-10-20-9-5-2/h4-10H2,1-3H3,(H2,15,16). The van der Waals surface area contributed by atoms with E-state index in [1.54, 1.807) is 0 Å². The number of fused-ring (bicyclic) bond motifs is 1. The number of hydrogen-bond acceptors (Lipinski definition) is 4. The van der Waals surface area contributed by atoms with Gasteiger partial charge in [0.1, 0.15) is 5.52 Å². The summed E-state index contributed by atoms with van der Waals surface area (Å²) in [6.45, 7) is 6.65. The van der Waals surface area contributed by atoms with Gasteiger partial charge < -0.3 is 10.5 Å². The molecule has 0 aliphatic rings. The summed E-state index contributed by atoms with van der Waals surface area (Å²) >= 11 is 0. The highest BCUT2D eigenvalue weighted by molar-refractivity contribution is 5.77. The van der Waals surface area contributed by atoms with Gasteiger partial charge >= 0.3 is 0 Å². The number of rotatable bonds is 8. The van der Waals surface area contributed by atoms with Crippen LogP contribution < -0.4 is 5.73 Å². The molecule has 2 heterocycles. The number of aromatic nitrogens is 4. The second-order valence-corrected chi connectivity index (χ2v) is 5.08. The van der Waals surface area contributed by atoms with Gasteiger partial charge in [-0.15, -0.1) is 0 Å². The third kappa shape index (κ3) is 2.95. The quantitative estimate of drug-likeness (QED) is 0.751. The van der Waals surface area contributed by atoms with E-state index in [2.05, 4.69) is 23.9 Å². The highest BCUT2D eigenvalue weighted by Gasteiger charge is 2.16. The summed E-state index contributed by atoms with van der Waals surface area (Å²) in [4.78, 5) is 4.48. The van der Waals surface area contributed by atoms with Crippen LogP contribution in [0.3, 0.4) is 0 Å². The first-order valence-electron chi connectivity index (χ1n) is 7.44. The van der Waals surface area contributed by atoms with E-state index in [4.69, 9.17) is 10.5 Å². The Hall–Kier alpha value is -1.56. The molecule has 0 unspecified atom stereocenters. The molecular weight excluding hydrogens is 254 g/mol. The van der Waals surface area contributed by atoms with Gasteiger partial charge in [-0.2, -0.15) is 5.10 Å². The summed E-state index contributed by atoms with van der Waals surface area (Å²) in [6.07, 6.45) is 3.99. The van der Waals surface area contributed by atoms with Crippen LogP contribution in [0.5, 0.6) is 0 Å². The van der Waals surface area contributed by atoms with E-state index in [9.17, 15) is 0 Å². The number of anilines is 1. The molecule has 6 nitrogen and oxygen atoms in total. The fraction of sp³-hybridized carbons (Fsp3) is 0.714. The van der Waals surface area contributed by atoms with E-state index >= 15 is 0 Å². The summed E-state index contributed by atoms with van der Waals surface area (Å²) in [5.74, 6) is 0.570. The molecule has 0 saturated carbocycles. The van der Waals surface area contributed by atoms with Gasteiger partial charge in [0.2, 0.25) is 5.95 Å². The van der Waals surface area contributed by atoms with E-state index in [0.717, 1.165) is 62.3 Å². The molecule has 2 aromatic heterocycles. The van der Waals surface area contributed by atoms with Gasteiger partial charge in [0.05, 0.1) is 5.69 Å². The second kappa shape index (κ2) is 6.74. The van der Waals surface area contributed by atoms with Crippen LogP contribution >= 0.6 is 0 Å². The Morgan fingerprint density at radius 3 is 2.70 bits per heavy atom. The largest absolute Gasteiger partial charge is 0.381 e. The van der Waals surface area contributed by atoms with Crippen LogP contribution in [-0.2, 0) is 24.8 Å². The molecule has 0 amide bonds. The van der Waals surface area contributed by atoms with Crippen molar-refractivity contribution in [3.8, 4) is 0 Å². The van der Waals surface area contributed by atoms with Crippen LogP contribution in [0, 0.1) is 0 Å². The zero-order chi connectivity index (χ0) is 14.5. The Morgan fingerprint density at radius 1 is 1.20 bits per heavy atom. The van der Waals surface area contributed by atoms with Crippen molar-refractivity contribution in [1.29, 1.82) is 0 Å². The number of ether oxygens (including phenoxy) is 1. The molecular formula is C14H25N5O. The Bertz CT molecular complexity index is 557. The summed E-state index contributed by atoms with van der Waals surface area (Å²) in [5.41, 5.74) is 9.04. The van der Waals surface area contributed by atoms with Gasteiger partial charge in [-0.25, -0.2) is 4.98 Å². The summed E-state index contributed by atoms with van der Waals surface area (Å²) in [7, 11) is 1.95. The molecule has 20 heavy (non-hydrogen) atoms. The van der Waals surface area contributed by atoms with Crippen LogP contribution in [0.25, 0.3) is 11.2 Å². The SMILES string of the molecule is CCCOCCCn1c(N)nc2c(CCC)nn(C)c21. The average molecular weight is 279 g/mol. The Balaban J connectivity index is 2.14. The molecule has 0 aliphatic carbocycles. The fourth-order valence-corrected chi connectivity index (χ4v) is 2.46. The molecule has 2 rings (SSSR count). The first-order valence-corrected chi connectivity index (χ1v) is 7.44. The maximum absolute atomic E-state index is 6.04. The maximum Gasteiger partial charge on any atom is 0.202 e. The van der Waals surface area contributed by atoms with Crippen molar-refractivity contribution in [1.82, 2.24) is 19.3 Å². The third-order valence-electron chi connectivity index (χ3n) is 3.33. The number of aryl methyl sites for hydroxylation is 3. The van der Waals surface area contributed by atoms with Crippen LogP contribution in [0.2, 0.25) is 0 Å². The number of nitrogens with two attached hydrogens (primary N) is 1. The van der Waals surface area contributed by atoms with E-state index in [0.29, 0.717) is 5.95 Å². The first kappa shape index (κ1) is 14.8. The Kier molecular flexibility index (Phi) is 5.00. The van der Waals surface area contributed by atoms with Crippen LogP contribution in [0.1, 0.15) is 38.8 Å². The predicted octanol–water partition coefficient (Wildman–Crippen LogP) is 2.12. The second-order valence-electron chi connectivity index (χ2n) is 5.08. The van der Waals surface area contributed by atoms with Crippen LogP contribution in [0.15, 0.2) is 0 Å². The lowest BCUT2D eigenvalue weighted by Crippen LogP contribution is -2.09. The van der Waals surface area contributed by atoms with Gasteiger partial charge in [-0.3, -0.25) is 9.25 Å².